The van der Waals surface area contributed by atoms with Crippen molar-refractivity contribution in [2.24, 2.45) is 11.3 Å². The molecule has 0 aromatic heterocycles. The molecule has 1 heterocycles. The summed E-state index contributed by atoms with van der Waals surface area (Å²) in [6.45, 7) is 8.48. The largest absolute Gasteiger partial charge is 0.388 e. The van der Waals surface area contributed by atoms with Crippen molar-refractivity contribution in [1.29, 1.82) is 0 Å². The van der Waals surface area contributed by atoms with E-state index in [9.17, 15) is 15.3 Å². The van der Waals surface area contributed by atoms with Crippen molar-refractivity contribution in [1.82, 2.24) is 0 Å². The van der Waals surface area contributed by atoms with Gasteiger partial charge in [-0.1, -0.05) is 20.8 Å². The molecule has 5 atom stereocenters. The van der Waals surface area contributed by atoms with Gasteiger partial charge in [0.25, 0.3) is 0 Å². The van der Waals surface area contributed by atoms with Gasteiger partial charge in [-0.05, 0) is 43.9 Å². The molecule has 2 aliphatic rings. The van der Waals surface area contributed by atoms with Crippen LogP contribution in [0.5, 0.6) is 0 Å². The van der Waals surface area contributed by atoms with E-state index < -0.39 is 30.7 Å². The lowest BCUT2D eigenvalue weighted by molar-refractivity contribution is -0.306. The molecule has 5 nitrogen and oxygen atoms in total. The van der Waals surface area contributed by atoms with E-state index in [4.69, 9.17) is 9.47 Å². The summed E-state index contributed by atoms with van der Waals surface area (Å²) in [6, 6.07) is 0. The fraction of sp³-hybridized carbons (Fsp3) is 1.00. The lowest BCUT2D eigenvalue weighted by Gasteiger charge is -2.42. The van der Waals surface area contributed by atoms with Gasteiger partial charge in [0.05, 0.1) is 12.2 Å². The fourth-order valence-electron chi connectivity index (χ4n) is 3.38. The first-order valence-corrected chi connectivity index (χ1v) is 8.05. The van der Waals surface area contributed by atoms with Crippen LogP contribution >= 0.6 is 0 Å². The fourth-order valence-corrected chi connectivity index (χ4v) is 3.38. The van der Waals surface area contributed by atoms with Crippen LogP contribution in [0.25, 0.3) is 0 Å². The first kappa shape index (κ1) is 17.2. The lowest BCUT2D eigenvalue weighted by Crippen LogP contribution is -2.58. The number of hydrogen-bond acceptors (Lipinski definition) is 5. The van der Waals surface area contributed by atoms with Crippen molar-refractivity contribution in [2.45, 2.75) is 90.2 Å². The van der Waals surface area contributed by atoms with Gasteiger partial charge in [-0.15, -0.1) is 0 Å². The zero-order valence-corrected chi connectivity index (χ0v) is 13.5. The molecule has 0 amide bonds. The summed E-state index contributed by atoms with van der Waals surface area (Å²) >= 11 is 0. The third-order valence-corrected chi connectivity index (χ3v) is 5.03. The van der Waals surface area contributed by atoms with Crippen LogP contribution in [0.4, 0.5) is 0 Å². The van der Waals surface area contributed by atoms with Crippen molar-refractivity contribution >= 4 is 0 Å². The Morgan fingerprint density at radius 1 is 0.905 bits per heavy atom. The first-order valence-electron chi connectivity index (χ1n) is 8.05. The van der Waals surface area contributed by atoms with Crippen LogP contribution in [-0.4, -0.2) is 52.1 Å². The lowest BCUT2D eigenvalue weighted by atomic mass is 9.72. The molecule has 1 saturated heterocycles. The van der Waals surface area contributed by atoms with Crippen molar-refractivity contribution in [3.63, 3.8) is 0 Å². The highest BCUT2D eigenvalue weighted by atomic mass is 16.7. The Kier molecular flexibility index (Phi) is 5.31. The first-order chi connectivity index (χ1) is 9.70. The van der Waals surface area contributed by atoms with Crippen LogP contribution in [0.15, 0.2) is 0 Å². The van der Waals surface area contributed by atoms with Gasteiger partial charge >= 0.3 is 0 Å². The summed E-state index contributed by atoms with van der Waals surface area (Å²) in [5.74, 6) is 0.695. The molecule has 0 unspecified atom stereocenters. The molecule has 2 fully saturated rings. The minimum absolute atomic E-state index is 0.0536. The Balaban J connectivity index is 1.86. The molecule has 0 aromatic carbocycles. The Labute approximate surface area is 127 Å². The summed E-state index contributed by atoms with van der Waals surface area (Å²) in [4.78, 5) is 0. The van der Waals surface area contributed by atoms with E-state index in [2.05, 4.69) is 20.8 Å². The molecule has 0 bridgehead atoms. The maximum absolute atomic E-state index is 9.98. The molecule has 5 heteroatoms. The van der Waals surface area contributed by atoms with Gasteiger partial charge in [0.1, 0.15) is 18.3 Å². The monoisotopic (exact) mass is 302 g/mol. The molecule has 1 saturated carbocycles. The summed E-state index contributed by atoms with van der Waals surface area (Å²) in [5, 5.41) is 29.5. The van der Waals surface area contributed by atoms with Gasteiger partial charge in [0.2, 0.25) is 0 Å². The van der Waals surface area contributed by atoms with Gasteiger partial charge < -0.3 is 24.8 Å². The number of aliphatic hydroxyl groups excluding tert-OH is 3. The Morgan fingerprint density at radius 3 is 2.00 bits per heavy atom. The third-order valence-electron chi connectivity index (χ3n) is 5.03. The molecule has 0 radical (unpaired) electrons. The normalized spacial score (nSPS) is 45.6. The molecule has 0 aromatic rings. The van der Waals surface area contributed by atoms with Crippen LogP contribution in [0.2, 0.25) is 0 Å². The van der Waals surface area contributed by atoms with Crippen LogP contribution in [-0.2, 0) is 9.47 Å². The van der Waals surface area contributed by atoms with Crippen molar-refractivity contribution < 1.29 is 24.8 Å². The summed E-state index contributed by atoms with van der Waals surface area (Å²) in [5.41, 5.74) is 0.320. The van der Waals surface area contributed by atoms with Gasteiger partial charge in [-0.3, -0.25) is 0 Å². The summed E-state index contributed by atoms with van der Waals surface area (Å²) in [6.07, 6.45) is -0.720. The minimum Gasteiger partial charge on any atom is -0.388 e. The molecule has 1 aliphatic heterocycles. The smallest absolute Gasteiger partial charge is 0.186 e. The van der Waals surface area contributed by atoms with Gasteiger partial charge in [-0.25, -0.2) is 0 Å². The van der Waals surface area contributed by atoms with Crippen LogP contribution < -0.4 is 0 Å². The Morgan fingerprint density at radius 2 is 1.48 bits per heavy atom. The molecule has 2 rings (SSSR count). The molecular formula is C16H30O5. The van der Waals surface area contributed by atoms with Gasteiger partial charge in [0.15, 0.2) is 6.29 Å². The second-order valence-corrected chi connectivity index (χ2v) is 7.66. The van der Waals surface area contributed by atoms with E-state index in [-0.39, 0.29) is 6.10 Å². The topological polar surface area (TPSA) is 79.2 Å². The number of rotatable bonds is 2. The number of hydrogen-bond donors (Lipinski definition) is 3. The highest BCUT2D eigenvalue weighted by Gasteiger charge is 2.43. The van der Waals surface area contributed by atoms with E-state index in [1.54, 1.807) is 6.92 Å². The zero-order chi connectivity index (χ0) is 15.8. The minimum atomic E-state index is -1.22. The third kappa shape index (κ3) is 3.96. The van der Waals surface area contributed by atoms with Gasteiger partial charge in [-0.2, -0.15) is 0 Å². The summed E-state index contributed by atoms with van der Waals surface area (Å²) < 4.78 is 11.3. The maximum atomic E-state index is 9.98. The predicted molar refractivity (Wildman–Crippen MR) is 78.6 cm³/mol. The average molecular weight is 302 g/mol. The Bertz CT molecular complexity index is 332. The summed E-state index contributed by atoms with van der Waals surface area (Å²) in [7, 11) is 0. The van der Waals surface area contributed by atoms with Crippen LogP contribution in [0, 0.1) is 11.3 Å². The second kappa shape index (κ2) is 6.50. The van der Waals surface area contributed by atoms with Crippen LogP contribution in [0.1, 0.15) is 53.4 Å². The van der Waals surface area contributed by atoms with Crippen molar-refractivity contribution in [2.75, 3.05) is 0 Å². The molecule has 124 valence electrons. The van der Waals surface area contributed by atoms with E-state index >= 15 is 0 Å². The van der Waals surface area contributed by atoms with Crippen LogP contribution in [0.3, 0.4) is 0 Å². The number of ether oxygens (including phenoxy) is 2. The molecule has 3 N–H and O–H groups in total. The number of aliphatic hydroxyl groups is 3. The maximum Gasteiger partial charge on any atom is 0.186 e. The average Bonchev–Trinajstić information content (AvgIpc) is 2.42. The van der Waals surface area contributed by atoms with E-state index in [1.807, 2.05) is 0 Å². The van der Waals surface area contributed by atoms with E-state index in [0.717, 1.165) is 25.7 Å². The van der Waals surface area contributed by atoms with Crippen molar-refractivity contribution in [3.05, 3.63) is 0 Å². The molecule has 21 heavy (non-hydrogen) atoms. The Hall–Kier alpha value is -0.200. The van der Waals surface area contributed by atoms with Gasteiger partial charge in [0, 0.05) is 0 Å². The standard InChI is InChI=1S/C16H30O5/c1-9-12(17)13(18)14(19)15(20-9)21-11-7-5-10(6-8-11)16(2,3)4/h9-15,17-19H,5-8H2,1-4H3/t9-,10?,11?,12+,13+,14-,15-/m0/s1. The van der Waals surface area contributed by atoms with E-state index in [0.29, 0.717) is 11.3 Å². The molecular weight excluding hydrogens is 272 g/mol. The highest BCUT2D eigenvalue weighted by molar-refractivity contribution is 4.88. The zero-order valence-electron chi connectivity index (χ0n) is 13.5. The molecule has 0 spiro atoms. The van der Waals surface area contributed by atoms with Crippen molar-refractivity contribution in [3.8, 4) is 0 Å². The predicted octanol–water partition coefficient (Wildman–Crippen LogP) is 1.44. The SMILES string of the molecule is C[C@@H]1O[C@@H](OC2CCC(C(C)(C)C)CC2)[C@@H](O)[C@H](O)[C@@H]1O. The van der Waals surface area contributed by atoms with E-state index in [1.165, 1.54) is 0 Å². The quantitative estimate of drug-likeness (QED) is 0.719. The highest BCUT2D eigenvalue weighted by Crippen LogP contribution is 2.39. The second-order valence-electron chi connectivity index (χ2n) is 7.66. The molecule has 1 aliphatic carbocycles.